The molecular weight excluding hydrogens is 422 g/mol. The SMILES string of the molecule is CN/C=C(\C=N)c1cc(Cl)cc([C@@H](C)NC(=O)c2cc(N3CC(N(C)C)C3)ccc2C)c1. The van der Waals surface area contributed by atoms with Gasteiger partial charge in [-0.05, 0) is 75.0 Å². The van der Waals surface area contributed by atoms with Crippen LogP contribution < -0.4 is 15.5 Å². The minimum absolute atomic E-state index is 0.110. The number of allylic oxidation sites excluding steroid dienone is 1. The van der Waals surface area contributed by atoms with Crippen LogP contribution in [0.2, 0.25) is 5.02 Å². The molecule has 0 radical (unpaired) electrons. The van der Waals surface area contributed by atoms with Crippen LogP contribution in [0.25, 0.3) is 5.57 Å². The lowest BCUT2D eigenvalue weighted by Crippen LogP contribution is -2.57. The molecule has 0 saturated carbocycles. The summed E-state index contributed by atoms with van der Waals surface area (Å²) in [6.07, 6.45) is 3.03. The standard InChI is InChI=1S/C25H32ClN5O/c1-16-6-7-22(31-14-23(15-31)30(4)5)11-24(16)25(32)29-17(2)18-8-19(10-21(26)9-18)20(12-27)13-28-3/h6-13,17,23,27-28H,14-15H2,1-5H3,(H,29,32)/b20-13+,27-12?/t17-/m1/s1. The Labute approximate surface area is 195 Å². The third-order valence-corrected chi connectivity index (χ3v) is 6.20. The molecule has 7 heteroatoms. The van der Waals surface area contributed by atoms with E-state index in [-0.39, 0.29) is 11.9 Å². The van der Waals surface area contributed by atoms with Crippen LogP contribution >= 0.6 is 11.6 Å². The number of nitrogens with one attached hydrogen (secondary N) is 3. The molecule has 1 aliphatic heterocycles. The van der Waals surface area contributed by atoms with E-state index in [1.807, 2.05) is 44.2 Å². The van der Waals surface area contributed by atoms with Crippen molar-refractivity contribution in [3.05, 3.63) is 69.9 Å². The molecule has 2 aromatic rings. The Hall–Kier alpha value is -2.83. The van der Waals surface area contributed by atoms with Crippen LogP contribution in [0.5, 0.6) is 0 Å². The van der Waals surface area contributed by atoms with Gasteiger partial charge in [-0.25, -0.2) is 0 Å². The van der Waals surface area contributed by atoms with Crippen LogP contribution in [0.3, 0.4) is 0 Å². The number of hydrogen-bond donors (Lipinski definition) is 3. The highest BCUT2D eigenvalue weighted by atomic mass is 35.5. The zero-order valence-electron chi connectivity index (χ0n) is 19.4. The zero-order chi connectivity index (χ0) is 23.4. The van der Waals surface area contributed by atoms with Gasteiger partial charge in [0.25, 0.3) is 5.91 Å². The number of rotatable bonds is 8. The smallest absolute Gasteiger partial charge is 0.252 e. The van der Waals surface area contributed by atoms with E-state index in [0.717, 1.165) is 35.5 Å². The number of aryl methyl sites for hydroxylation is 1. The van der Waals surface area contributed by atoms with Gasteiger partial charge in [-0.15, -0.1) is 0 Å². The summed E-state index contributed by atoms with van der Waals surface area (Å²) in [4.78, 5) is 17.7. The Bertz CT molecular complexity index is 1030. The molecule has 6 nitrogen and oxygen atoms in total. The fourth-order valence-corrected chi connectivity index (χ4v) is 4.04. The summed E-state index contributed by atoms with van der Waals surface area (Å²) in [6.45, 7) is 5.83. The van der Waals surface area contributed by atoms with Gasteiger partial charge in [-0.2, -0.15) is 0 Å². The molecule has 0 unspecified atom stereocenters. The molecule has 1 heterocycles. The van der Waals surface area contributed by atoms with E-state index in [4.69, 9.17) is 17.0 Å². The highest BCUT2D eigenvalue weighted by Gasteiger charge is 2.29. The van der Waals surface area contributed by atoms with Crippen molar-refractivity contribution in [1.29, 1.82) is 5.41 Å². The van der Waals surface area contributed by atoms with Crippen molar-refractivity contribution in [1.82, 2.24) is 15.5 Å². The van der Waals surface area contributed by atoms with Crippen molar-refractivity contribution in [3.63, 3.8) is 0 Å². The van der Waals surface area contributed by atoms with Crippen LogP contribution in [0, 0.1) is 12.3 Å². The minimum Gasteiger partial charge on any atom is -0.393 e. The van der Waals surface area contributed by atoms with E-state index in [2.05, 4.69) is 40.6 Å². The Morgan fingerprint density at radius 1 is 1.25 bits per heavy atom. The van der Waals surface area contributed by atoms with Crippen LogP contribution in [-0.2, 0) is 0 Å². The lowest BCUT2D eigenvalue weighted by molar-refractivity contribution is 0.0939. The number of carbonyl (C=O) groups is 1. The average Bonchev–Trinajstić information content (AvgIpc) is 2.71. The summed E-state index contributed by atoms with van der Waals surface area (Å²) in [5, 5.41) is 14.3. The molecule has 0 aliphatic carbocycles. The molecular formula is C25H32ClN5O. The number of nitrogens with zero attached hydrogens (tertiary/aromatic N) is 2. The minimum atomic E-state index is -0.244. The summed E-state index contributed by atoms with van der Waals surface area (Å²) in [5.74, 6) is -0.110. The quantitative estimate of drug-likeness (QED) is 0.526. The molecule has 32 heavy (non-hydrogen) atoms. The molecule has 0 bridgehead atoms. The number of halogens is 1. The van der Waals surface area contributed by atoms with Crippen LogP contribution in [0.1, 0.15) is 40.0 Å². The average molecular weight is 454 g/mol. The summed E-state index contributed by atoms with van der Waals surface area (Å²) in [7, 11) is 5.98. The van der Waals surface area contributed by atoms with Gasteiger partial charge in [0.2, 0.25) is 0 Å². The van der Waals surface area contributed by atoms with Crippen molar-refractivity contribution >= 4 is 35.0 Å². The second-order valence-corrected chi connectivity index (χ2v) is 8.96. The fourth-order valence-electron chi connectivity index (χ4n) is 3.79. The normalized spacial score (nSPS) is 15.3. The summed E-state index contributed by atoms with van der Waals surface area (Å²) in [6, 6.07) is 12.0. The highest BCUT2D eigenvalue weighted by Crippen LogP contribution is 2.27. The number of anilines is 1. The van der Waals surface area contributed by atoms with Gasteiger partial charge in [0.1, 0.15) is 0 Å². The molecule has 2 aromatic carbocycles. The first-order chi connectivity index (χ1) is 15.2. The Kier molecular flexibility index (Phi) is 7.59. The predicted molar refractivity (Wildman–Crippen MR) is 134 cm³/mol. The summed E-state index contributed by atoms with van der Waals surface area (Å²) in [5.41, 5.74) is 5.12. The Balaban J connectivity index is 1.78. The maximum Gasteiger partial charge on any atom is 0.252 e. The molecule has 1 fully saturated rings. The number of likely N-dealkylation sites (N-methyl/N-ethyl adjacent to an activating group) is 1. The van der Waals surface area contributed by atoms with Crippen molar-refractivity contribution in [3.8, 4) is 0 Å². The van der Waals surface area contributed by atoms with Crippen molar-refractivity contribution in [2.24, 2.45) is 0 Å². The second kappa shape index (κ2) is 10.2. The first kappa shape index (κ1) is 23.8. The molecule has 1 atom stereocenters. The van der Waals surface area contributed by atoms with E-state index < -0.39 is 0 Å². The first-order valence-electron chi connectivity index (χ1n) is 10.7. The van der Waals surface area contributed by atoms with Gasteiger partial charge in [0.15, 0.2) is 0 Å². The predicted octanol–water partition coefficient (Wildman–Crippen LogP) is 4.10. The molecule has 0 aromatic heterocycles. The highest BCUT2D eigenvalue weighted by molar-refractivity contribution is 6.31. The monoisotopic (exact) mass is 453 g/mol. The van der Waals surface area contributed by atoms with Gasteiger partial charge in [-0.1, -0.05) is 17.7 Å². The largest absolute Gasteiger partial charge is 0.393 e. The van der Waals surface area contributed by atoms with E-state index in [0.29, 0.717) is 22.2 Å². The van der Waals surface area contributed by atoms with Gasteiger partial charge in [-0.3, -0.25) is 4.79 Å². The van der Waals surface area contributed by atoms with E-state index >= 15 is 0 Å². The van der Waals surface area contributed by atoms with E-state index in [9.17, 15) is 4.79 Å². The number of amides is 1. The third-order valence-electron chi connectivity index (χ3n) is 5.98. The van der Waals surface area contributed by atoms with Crippen molar-refractivity contribution in [2.75, 3.05) is 39.1 Å². The molecule has 1 aliphatic rings. The maximum atomic E-state index is 13.1. The van der Waals surface area contributed by atoms with Crippen LogP contribution in [-0.4, -0.2) is 57.3 Å². The maximum absolute atomic E-state index is 13.1. The van der Waals surface area contributed by atoms with Gasteiger partial charge in [0, 0.05) is 60.4 Å². The fraction of sp³-hybridized carbons (Fsp3) is 0.360. The lowest BCUT2D eigenvalue weighted by atomic mass is 9.99. The molecule has 3 N–H and O–H groups in total. The summed E-state index contributed by atoms with van der Waals surface area (Å²) < 4.78 is 0. The number of benzene rings is 2. The molecule has 170 valence electrons. The topological polar surface area (TPSA) is 71.5 Å². The molecule has 0 spiro atoms. The molecule has 1 amide bonds. The van der Waals surface area contributed by atoms with Crippen LogP contribution in [0.15, 0.2) is 42.6 Å². The third kappa shape index (κ3) is 5.31. The Morgan fingerprint density at radius 2 is 1.97 bits per heavy atom. The zero-order valence-corrected chi connectivity index (χ0v) is 20.1. The molecule has 3 rings (SSSR count). The van der Waals surface area contributed by atoms with Gasteiger partial charge in [0.05, 0.1) is 6.04 Å². The lowest BCUT2D eigenvalue weighted by Gasteiger charge is -2.44. The number of hydrogen-bond acceptors (Lipinski definition) is 5. The van der Waals surface area contributed by atoms with Crippen LogP contribution in [0.4, 0.5) is 5.69 Å². The molecule has 1 saturated heterocycles. The van der Waals surface area contributed by atoms with Gasteiger partial charge >= 0.3 is 0 Å². The van der Waals surface area contributed by atoms with E-state index in [1.54, 1.807) is 13.2 Å². The second-order valence-electron chi connectivity index (χ2n) is 8.52. The van der Waals surface area contributed by atoms with Gasteiger partial charge < -0.3 is 25.8 Å². The van der Waals surface area contributed by atoms with Crippen molar-refractivity contribution < 1.29 is 4.79 Å². The van der Waals surface area contributed by atoms with E-state index in [1.165, 1.54) is 6.21 Å². The summed E-state index contributed by atoms with van der Waals surface area (Å²) >= 11 is 6.34. The Morgan fingerprint density at radius 3 is 2.59 bits per heavy atom. The van der Waals surface area contributed by atoms with Crippen molar-refractivity contribution in [2.45, 2.75) is 25.9 Å². The first-order valence-corrected chi connectivity index (χ1v) is 11.1. The number of carbonyl (C=O) groups excluding carboxylic acids is 1.